The molecule has 0 saturated heterocycles. The molecular weight excluding hydrogens is 234 g/mol. The predicted octanol–water partition coefficient (Wildman–Crippen LogP) is 3.09. The van der Waals surface area contributed by atoms with Crippen LogP contribution in [0.2, 0.25) is 0 Å². The second kappa shape index (κ2) is 4.27. The highest BCUT2D eigenvalue weighted by atomic mass is 15.0. The second-order valence-electron chi connectivity index (χ2n) is 7.32. The number of hydrogen-bond donors (Lipinski definition) is 1. The van der Waals surface area contributed by atoms with E-state index in [2.05, 4.69) is 36.1 Å². The Bertz CT molecular complexity index is 478. The number of hydrogen-bond acceptors (Lipinski definition) is 3. The fourth-order valence-corrected chi connectivity index (χ4v) is 4.62. The molecule has 0 amide bonds. The van der Waals surface area contributed by atoms with Gasteiger partial charge < -0.3 is 5.32 Å². The summed E-state index contributed by atoms with van der Waals surface area (Å²) in [6, 6.07) is 2.62. The van der Waals surface area contributed by atoms with Crippen molar-refractivity contribution in [3.63, 3.8) is 0 Å². The molecule has 2 saturated carbocycles. The second-order valence-corrected chi connectivity index (χ2v) is 7.32. The fraction of sp³-hybridized carbons (Fsp3) is 0.750. The van der Waals surface area contributed by atoms with Crippen LogP contribution in [0.4, 0.5) is 0 Å². The molecule has 2 aliphatic rings. The average molecular weight is 259 g/mol. The van der Waals surface area contributed by atoms with E-state index in [-0.39, 0.29) is 0 Å². The van der Waals surface area contributed by atoms with Gasteiger partial charge in [0.15, 0.2) is 0 Å². The summed E-state index contributed by atoms with van der Waals surface area (Å²) in [7, 11) is 0. The van der Waals surface area contributed by atoms with Crippen LogP contribution in [0.1, 0.15) is 51.6 Å². The van der Waals surface area contributed by atoms with Gasteiger partial charge in [-0.25, -0.2) is 9.97 Å². The molecule has 2 bridgehead atoms. The van der Waals surface area contributed by atoms with Crippen molar-refractivity contribution in [3.05, 3.63) is 23.8 Å². The minimum absolute atomic E-state index is 0.412. The maximum absolute atomic E-state index is 4.49. The first-order chi connectivity index (χ1) is 8.92. The van der Waals surface area contributed by atoms with E-state index in [1.165, 1.54) is 19.3 Å². The van der Waals surface area contributed by atoms with Crippen LogP contribution in [0.5, 0.6) is 0 Å². The highest BCUT2D eigenvalue weighted by Crippen LogP contribution is 2.62. The van der Waals surface area contributed by atoms with Gasteiger partial charge in [0, 0.05) is 18.8 Å². The number of fused-ring (bicyclic) bond motifs is 2. The molecule has 0 radical (unpaired) electrons. The van der Waals surface area contributed by atoms with Crippen LogP contribution in [0.3, 0.4) is 0 Å². The van der Waals surface area contributed by atoms with E-state index >= 15 is 0 Å². The van der Waals surface area contributed by atoms with Crippen LogP contribution in [0.15, 0.2) is 12.3 Å². The molecule has 2 fully saturated rings. The molecule has 1 aromatic rings. The maximum atomic E-state index is 4.49. The lowest BCUT2D eigenvalue weighted by Gasteiger charge is -2.43. The van der Waals surface area contributed by atoms with Gasteiger partial charge >= 0.3 is 0 Å². The highest BCUT2D eigenvalue weighted by molar-refractivity contribution is 5.13. The average Bonchev–Trinajstić information content (AvgIpc) is 2.80. The molecule has 1 N–H and O–H groups in total. The van der Waals surface area contributed by atoms with Crippen molar-refractivity contribution in [2.24, 2.45) is 16.7 Å². The molecule has 104 valence electrons. The number of aromatic nitrogens is 2. The number of nitrogens with zero attached hydrogens (tertiary/aromatic N) is 2. The first-order valence-corrected chi connectivity index (χ1v) is 7.44. The van der Waals surface area contributed by atoms with Crippen LogP contribution in [-0.2, 0) is 6.54 Å². The Morgan fingerprint density at radius 1 is 1.37 bits per heavy atom. The van der Waals surface area contributed by atoms with E-state index in [9.17, 15) is 0 Å². The van der Waals surface area contributed by atoms with Gasteiger partial charge in [0.05, 0.1) is 5.69 Å². The Labute approximate surface area is 116 Å². The molecule has 1 heterocycles. The molecule has 0 aliphatic heterocycles. The summed E-state index contributed by atoms with van der Waals surface area (Å²) in [5.41, 5.74) is 2.00. The SMILES string of the molecule is Cc1nccc(CNC2C(C)(C)[C@H]3CC[C@]2(C)C3)n1. The summed E-state index contributed by atoms with van der Waals surface area (Å²) >= 11 is 0. The smallest absolute Gasteiger partial charge is 0.125 e. The predicted molar refractivity (Wildman–Crippen MR) is 76.6 cm³/mol. The summed E-state index contributed by atoms with van der Waals surface area (Å²) in [5.74, 6) is 1.75. The first kappa shape index (κ1) is 13.0. The molecular formula is C16H25N3. The lowest BCUT2D eigenvalue weighted by atomic mass is 9.68. The van der Waals surface area contributed by atoms with Crippen LogP contribution >= 0.6 is 0 Å². The number of nitrogens with one attached hydrogen (secondary N) is 1. The third-order valence-corrected chi connectivity index (χ3v) is 5.59. The summed E-state index contributed by atoms with van der Waals surface area (Å²) in [5, 5.41) is 3.80. The quantitative estimate of drug-likeness (QED) is 0.906. The van der Waals surface area contributed by atoms with Crippen LogP contribution in [0, 0.1) is 23.7 Å². The van der Waals surface area contributed by atoms with E-state index in [1.807, 2.05) is 19.2 Å². The zero-order valence-corrected chi connectivity index (χ0v) is 12.5. The van der Waals surface area contributed by atoms with Gasteiger partial charge in [-0.05, 0) is 49.0 Å². The van der Waals surface area contributed by atoms with Gasteiger partial charge in [-0.3, -0.25) is 0 Å². The van der Waals surface area contributed by atoms with Crippen molar-refractivity contribution in [1.82, 2.24) is 15.3 Å². The monoisotopic (exact) mass is 259 g/mol. The Morgan fingerprint density at radius 3 is 2.79 bits per heavy atom. The van der Waals surface area contributed by atoms with Gasteiger partial charge in [0.25, 0.3) is 0 Å². The lowest BCUT2D eigenvalue weighted by Crippen LogP contribution is -2.50. The van der Waals surface area contributed by atoms with Crippen LogP contribution in [0.25, 0.3) is 0 Å². The van der Waals surface area contributed by atoms with E-state index in [1.54, 1.807) is 0 Å². The molecule has 19 heavy (non-hydrogen) atoms. The molecule has 3 nitrogen and oxygen atoms in total. The van der Waals surface area contributed by atoms with Gasteiger partial charge in [0.2, 0.25) is 0 Å². The molecule has 3 heteroatoms. The zero-order valence-electron chi connectivity index (χ0n) is 12.5. The van der Waals surface area contributed by atoms with Gasteiger partial charge in [-0.2, -0.15) is 0 Å². The standard InChI is InChI=1S/C16H25N3/c1-11-17-8-6-13(19-11)10-18-14-15(2,3)12-5-7-16(14,4)9-12/h6,8,12,14,18H,5,7,9-10H2,1-4H3/t12-,14?,16+/m0/s1. The van der Waals surface area contributed by atoms with Crippen molar-refractivity contribution in [3.8, 4) is 0 Å². The van der Waals surface area contributed by atoms with E-state index in [4.69, 9.17) is 0 Å². The molecule has 3 atom stereocenters. The summed E-state index contributed by atoms with van der Waals surface area (Å²) in [6.45, 7) is 10.1. The Morgan fingerprint density at radius 2 is 2.16 bits per heavy atom. The molecule has 0 aromatic carbocycles. The minimum Gasteiger partial charge on any atom is -0.307 e. The highest BCUT2D eigenvalue weighted by Gasteiger charge is 2.58. The Hall–Kier alpha value is -0.960. The zero-order chi connectivity index (χ0) is 13.7. The lowest BCUT2D eigenvalue weighted by molar-refractivity contribution is 0.107. The third-order valence-electron chi connectivity index (χ3n) is 5.59. The van der Waals surface area contributed by atoms with Crippen molar-refractivity contribution in [2.45, 2.75) is 59.5 Å². The largest absolute Gasteiger partial charge is 0.307 e. The fourth-order valence-electron chi connectivity index (χ4n) is 4.62. The first-order valence-electron chi connectivity index (χ1n) is 7.44. The summed E-state index contributed by atoms with van der Waals surface area (Å²) in [4.78, 5) is 8.65. The van der Waals surface area contributed by atoms with Crippen LogP contribution in [-0.4, -0.2) is 16.0 Å². The van der Waals surface area contributed by atoms with E-state index < -0.39 is 0 Å². The summed E-state index contributed by atoms with van der Waals surface area (Å²) < 4.78 is 0. The normalized spacial score (nSPS) is 35.8. The maximum Gasteiger partial charge on any atom is 0.125 e. The molecule has 0 spiro atoms. The van der Waals surface area contributed by atoms with Gasteiger partial charge in [-0.15, -0.1) is 0 Å². The number of aryl methyl sites for hydroxylation is 1. The van der Waals surface area contributed by atoms with E-state index in [0.717, 1.165) is 24.0 Å². The van der Waals surface area contributed by atoms with Crippen molar-refractivity contribution in [2.75, 3.05) is 0 Å². The Kier molecular flexibility index (Phi) is 2.93. The number of rotatable bonds is 3. The Balaban J connectivity index is 1.73. The van der Waals surface area contributed by atoms with Crippen molar-refractivity contribution >= 4 is 0 Å². The van der Waals surface area contributed by atoms with Crippen molar-refractivity contribution in [1.29, 1.82) is 0 Å². The molecule has 3 rings (SSSR count). The van der Waals surface area contributed by atoms with E-state index in [0.29, 0.717) is 16.9 Å². The van der Waals surface area contributed by atoms with Crippen molar-refractivity contribution < 1.29 is 0 Å². The summed E-state index contributed by atoms with van der Waals surface area (Å²) in [6.07, 6.45) is 6.03. The third kappa shape index (κ3) is 2.08. The molecule has 1 aromatic heterocycles. The minimum atomic E-state index is 0.412. The van der Waals surface area contributed by atoms with Crippen LogP contribution < -0.4 is 5.32 Å². The topological polar surface area (TPSA) is 37.8 Å². The van der Waals surface area contributed by atoms with Gasteiger partial charge in [-0.1, -0.05) is 20.8 Å². The van der Waals surface area contributed by atoms with Gasteiger partial charge in [0.1, 0.15) is 5.82 Å². The molecule has 1 unspecified atom stereocenters. The molecule has 2 aliphatic carbocycles.